The summed E-state index contributed by atoms with van der Waals surface area (Å²) in [5, 5.41) is 8.02. The van der Waals surface area contributed by atoms with E-state index in [1.807, 2.05) is 28.8 Å². The largest absolute Gasteiger partial charge is 0.399 e. The first kappa shape index (κ1) is 9.71. The van der Waals surface area contributed by atoms with Crippen molar-refractivity contribution in [1.29, 1.82) is 0 Å². The molecule has 0 aliphatic rings. The molecule has 0 bridgehead atoms. The molecule has 0 aliphatic carbocycles. The summed E-state index contributed by atoms with van der Waals surface area (Å²) in [6.07, 6.45) is 1.72. The Morgan fingerprint density at radius 3 is 2.47 bits per heavy atom. The van der Waals surface area contributed by atoms with Crippen molar-refractivity contribution in [1.82, 2.24) is 14.8 Å². The Balaban J connectivity index is 2.45. The maximum absolute atomic E-state index is 5.64. The summed E-state index contributed by atoms with van der Waals surface area (Å²) in [5.74, 6) is 1.31. The lowest BCUT2D eigenvalue weighted by Crippen LogP contribution is -2.02. The Bertz CT molecular complexity index is 442. The lowest BCUT2D eigenvalue weighted by molar-refractivity contribution is 0.745. The SMILES string of the molecule is CC(C)c1nncn1-c1ccc(N)cc1. The number of anilines is 1. The molecule has 2 N–H and O–H groups in total. The highest BCUT2D eigenvalue weighted by atomic mass is 15.3. The normalized spacial score (nSPS) is 10.9. The molecule has 0 aliphatic heterocycles. The Kier molecular flexibility index (Phi) is 2.41. The molecule has 0 saturated carbocycles. The van der Waals surface area contributed by atoms with Crippen molar-refractivity contribution in [3.8, 4) is 5.69 Å². The molecule has 2 rings (SSSR count). The molecule has 4 nitrogen and oxygen atoms in total. The summed E-state index contributed by atoms with van der Waals surface area (Å²) in [4.78, 5) is 0. The second kappa shape index (κ2) is 3.73. The maximum atomic E-state index is 5.64. The molecule has 0 unspecified atom stereocenters. The molecule has 0 atom stereocenters. The predicted molar refractivity (Wildman–Crippen MR) is 59.9 cm³/mol. The van der Waals surface area contributed by atoms with E-state index in [4.69, 9.17) is 5.73 Å². The minimum Gasteiger partial charge on any atom is -0.399 e. The van der Waals surface area contributed by atoms with E-state index < -0.39 is 0 Å². The number of hydrogen-bond acceptors (Lipinski definition) is 3. The van der Waals surface area contributed by atoms with Gasteiger partial charge in [-0.1, -0.05) is 13.8 Å². The lowest BCUT2D eigenvalue weighted by atomic mass is 10.2. The number of benzene rings is 1. The van der Waals surface area contributed by atoms with Crippen LogP contribution in [0.5, 0.6) is 0 Å². The van der Waals surface area contributed by atoms with E-state index in [1.165, 1.54) is 0 Å². The number of nitrogen functional groups attached to an aromatic ring is 1. The Labute approximate surface area is 88.8 Å². The summed E-state index contributed by atoms with van der Waals surface area (Å²) in [7, 11) is 0. The third kappa shape index (κ3) is 1.83. The molecule has 0 saturated heterocycles. The maximum Gasteiger partial charge on any atom is 0.139 e. The highest BCUT2D eigenvalue weighted by molar-refractivity contribution is 5.45. The zero-order valence-corrected chi connectivity index (χ0v) is 8.88. The third-order valence-electron chi connectivity index (χ3n) is 2.26. The van der Waals surface area contributed by atoms with Crippen molar-refractivity contribution < 1.29 is 0 Å². The van der Waals surface area contributed by atoms with Gasteiger partial charge in [-0.05, 0) is 24.3 Å². The molecular formula is C11H14N4. The van der Waals surface area contributed by atoms with Crippen LogP contribution in [-0.2, 0) is 0 Å². The lowest BCUT2D eigenvalue weighted by Gasteiger charge is -2.08. The van der Waals surface area contributed by atoms with Crippen molar-refractivity contribution in [2.45, 2.75) is 19.8 Å². The van der Waals surface area contributed by atoms with Gasteiger partial charge < -0.3 is 5.73 Å². The van der Waals surface area contributed by atoms with Crippen molar-refractivity contribution in [2.24, 2.45) is 0 Å². The number of nitrogens with two attached hydrogens (primary N) is 1. The van der Waals surface area contributed by atoms with Gasteiger partial charge in [-0.2, -0.15) is 0 Å². The highest BCUT2D eigenvalue weighted by Crippen LogP contribution is 2.17. The molecule has 78 valence electrons. The van der Waals surface area contributed by atoms with E-state index in [0.29, 0.717) is 5.92 Å². The smallest absolute Gasteiger partial charge is 0.139 e. The van der Waals surface area contributed by atoms with E-state index in [9.17, 15) is 0 Å². The van der Waals surface area contributed by atoms with Crippen LogP contribution in [-0.4, -0.2) is 14.8 Å². The van der Waals surface area contributed by atoms with E-state index in [1.54, 1.807) is 6.33 Å². The molecule has 0 radical (unpaired) electrons. The fourth-order valence-corrected chi connectivity index (χ4v) is 1.47. The topological polar surface area (TPSA) is 56.7 Å². The van der Waals surface area contributed by atoms with Crippen LogP contribution in [0.4, 0.5) is 5.69 Å². The molecule has 15 heavy (non-hydrogen) atoms. The van der Waals surface area contributed by atoms with Gasteiger partial charge in [0, 0.05) is 17.3 Å². The Morgan fingerprint density at radius 1 is 1.20 bits per heavy atom. The molecule has 1 aromatic heterocycles. The average molecular weight is 202 g/mol. The number of nitrogens with zero attached hydrogens (tertiary/aromatic N) is 3. The van der Waals surface area contributed by atoms with E-state index in [0.717, 1.165) is 17.2 Å². The fourth-order valence-electron chi connectivity index (χ4n) is 1.47. The van der Waals surface area contributed by atoms with Gasteiger partial charge in [0.05, 0.1) is 0 Å². The van der Waals surface area contributed by atoms with Gasteiger partial charge in [0.2, 0.25) is 0 Å². The number of rotatable bonds is 2. The summed E-state index contributed by atoms with van der Waals surface area (Å²) in [6, 6.07) is 7.67. The van der Waals surface area contributed by atoms with Crippen LogP contribution in [0.1, 0.15) is 25.6 Å². The second-order valence-corrected chi connectivity index (χ2v) is 3.81. The second-order valence-electron chi connectivity index (χ2n) is 3.81. The average Bonchev–Trinajstić information content (AvgIpc) is 2.67. The van der Waals surface area contributed by atoms with Crippen LogP contribution in [0, 0.1) is 0 Å². The molecular weight excluding hydrogens is 188 g/mol. The summed E-state index contributed by atoms with van der Waals surface area (Å²) >= 11 is 0. The van der Waals surface area contributed by atoms with Gasteiger partial charge in [0.15, 0.2) is 0 Å². The van der Waals surface area contributed by atoms with Gasteiger partial charge in [-0.3, -0.25) is 4.57 Å². The third-order valence-corrected chi connectivity index (χ3v) is 2.26. The standard InChI is InChI=1S/C11H14N4/c1-8(2)11-14-13-7-15(11)10-5-3-9(12)4-6-10/h3-8H,12H2,1-2H3. The molecule has 0 amide bonds. The van der Waals surface area contributed by atoms with Crippen molar-refractivity contribution in [2.75, 3.05) is 5.73 Å². The zero-order valence-electron chi connectivity index (χ0n) is 8.88. The first-order valence-electron chi connectivity index (χ1n) is 4.94. The van der Waals surface area contributed by atoms with Crippen molar-refractivity contribution in [3.63, 3.8) is 0 Å². The fraction of sp³-hybridized carbons (Fsp3) is 0.273. The summed E-state index contributed by atoms with van der Waals surface area (Å²) < 4.78 is 1.98. The zero-order chi connectivity index (χ0) is 10.8. The minimum absolute atomic E-state index is 0.352. The van der Waals surface area contributed by atoms with Crippen LogP contribution in [0.25, 0.3) is 5.69 Å². The van der Waals surface area contributed by atoms with Crippen LogP contribution in [0.3, 0.4) is 0 Å². The van der Waals surface area contributed by atoms with Crippen LogP contribution in [0.2, 0.25) is 0 Å². The minimum atomic E-state index is 0.352. The molecule has 0 spiro atoms. The van der Waals surface area contributed by atoms with Crippen molar-refractivity contribution in [3.05, 3.63) is 36.4 Å². The monoisotopic (exact) mass is 202 g/mol. The van der Waals surface area contributed by atoms with Crippen LogP contribution < -0.4 is 5.73 Å². The highest BCUT2D eigenvalue weighted by Gasteiger charge is 2.09. The van der Waals surface area contributed by atoms with E-state index >= 15 is 0 Å². The molecule has 1 aromatic carbocycles. The summed E-state index contributed by atoms with van der Waals surface area (Å²) in [6.45, 7) is 4.19. The van der Waals surface area contributed by atoms with Gasteiger partial charge in [-0.25, -0.2) is 0 Å². The van der Waals surface area contributed by atoms with E-state index in [2.05, 4.69) is 24.0 Å². The van der Waals surface area contributed by atoms with Gasteiger partial charge in [0.1, 0.15) is 12.2 Å². The van der Waals surface area contributed by atoms with Crippen LogP contribution >= 0.6 is 0 Å². The van der Waals surface area contributed by atoms with Gasteiger partial charge >= 0.3 is 0 Å². The van der Waals surface area contributed by atoms with E-state index in [-0.39, 0.29) is 0 Å². The van der Waals surface area contributed by atoms with Crippen LogP contribution in [0.15, 0.2) is 30.6 Å². The first-order chi connectivity index (χ1) is 7.18. The quantitative estimate of drug-likeness (QED) is 0.757. The molecule has 4 heteroatoms. The van der Waals surface area contributed by atoms with Gasteiger partial charge in [0.25, 0.3) is 0 Å². The molecule has 2 aromatic rings. The van der Waals surface area contributed by atoms with Gasteiger partial charge in [-0.15, -0.1) is 10.2 Å². The number of hydrogen-bond donors (Lipinski definition) is 1. The Hall–Kier alpha value is -1.84. The first-order valence-corrected chi connectivity index (χ1v) is 4.94. The van der Waals surface area contributed by atoms with Crippen molar-refractivity contribution >= 4 is 5.69 Å². The number of aromatic nitrogens is 3. The summed E-state index contributed by atoms with van der Waals surface area (Å²) in [5.41, 5.74) is 7.44. The predicted octanol–water partition coefficient (Wildman–Crippen LogP) is 1.97. The molecule has 0 fully saturated rings. The molecule has 1 heterocycles. The Morgan fingerprint density at radius 2 is 1.87 bits per heavy atom.